The van der Waals surface area contributed by atoms with Crippen LogP contribution in [0.5, 0.6) is 0 Å². The Morgan fingerprint density at radius 1 is 1.09 bits per heavy atom. The van der Waals surface area contributed by atoms with Gasteiger partial charge in [-0.15, -0.1) is 0 Å². The van der Waals surface area contributed by atoms with Gasteiger partial charge in [-0.05, 0) is 32.3 Å². The van der Waals surface area contributed by atoms with E-state index in [2.05, 4.69) is 26.1 Å². The van der Waals surface area contributed by atoms with E-state index in [1.54, 1.807) is 18.7 Å². The summed E-state index contributed by atoms with van der Waals surface area (Å²) in [7, 11) is 0. The Balaban J connectivity index is 1.63. The maximum atomic E-state index is 12.5. The van der Waals surface area contributed by atoms with Gasteiger partial charge in [-0.2, -0.15) is 5.10 Å². The van der Waals surface area contributed by atoms with E-state index < -0.39 is 11.6 Å². The van der Waals surface area contributed by atoms with Gasteiger partial charge in [0.15, 0.2) is 0 Å². The highest BCUT2D eigenvalue weighted by atomic mass is 16.6. The van der Waals surface area contributed by atoms with Crippen LogP contribution in [-0.2, 0) is 21.5 Å². The second-order valence-electron chi connectivity index (χ2n) is 10.6. The summed E-state index contributed by atoms with van der Waals surface area (Å²) < 4.78 is 12.6. The summed E-state index contributed by atoms with van der Waals surface area (Å²) in [6.07, 6.45) is 0.516. The molecule has 1 fully saturated rings. The predicted octanol–water partition coefficient (Wildman–Crippen LogP) is 4.44. The van der Waals surface area contributed by atoms with Crippen LogP contribution < -0.4 is 11.1 Å². The molecule has 0 atom stereocenters. The Hall–Kier alpha value is -3.07. The van der Waals surface area contributed by atoms with Crippen LogP contribution in [0.15, 0.2) is 36.4 Å². The highest BCUT2D eigenvalue weighted by Gasteiger charge is 2.29. The van der Waals surface area contributed by atoms with Crippen molar-refractivity contribution in [1.82, 2.24) is 14.7 Å². The number of anilines is 1. The van der Waals surface area contributed by atoms with E-state index in [1.165, 1.54) is 0 Å². The molecule has 0 radical (unpaired) electrons. The Morgan fingerprint density at radius 2 is 1.74 bits per heavy atom. The molecule has 0 spiro atoms. The van der Waals surface area contributed by atoms with Crippen LogP contribution in [0.1, 0.15) is 64.8 Å². The number of likely N-dealkylation sites (tertiary alicyclic amines) is 1. The Morgan fingerprint density at radius 3 is 2.32 bits per heavy atom. The maximum absolute atomic E-state index is 12.5. The normalized spacial score (nSPS) is 15.2. The second kappa shape index (κ2) is 10.5. The lowest BCUT2D eigenvalue weighted by Gasteiger charge is -2.32. The van der Waals surface area contributed by atoms with Gasteiger partial charge in [0.25, 0.3) is 0 Å². The highest BCUT2D eigenvalue weighted by Crippen LogP contribution is 2.30. The molecule has 9 nitrogen and oxygen atoms in total. The summed E-state index contributed by atoms with van der Waals surface area (Å²) in [4.78, 5) is 26.6. The smallest absolute Gasteiger partial charge is 0.412 e. The molecular formula is C25H37N5O4. The van der Waals surface area contributed by atoms with Gasteiger partial charge in [0.2, 0.25) is 0 Å². The zero-order valence-corrected chi connectivity index (χ0v) is 20.8. The SMILES string of the molecule is CC(C)(N)COC(=O)Nc1cc(C(C)(C)C)nn1C1CCN(C(=O)OCc2ccccc2)CC1. The van der Waals surface area contributed by atoms with Crippen LogP contribution >= 0.6 is 0 Å². The zero-order chi connectivity index (χ0) is 24.9. The van der Waals surface area contributed by atoms with Crippen molar-refractivity contribution in [2.45, 2.75) is 71.1 Å². The average Bonchev–Trinajstić information content (AvgIpc) is 3.21. The molecule has 2 heterocycles. The molecule has 0 saturated carbocycles. The molecule has 34 heavy (non-hydrogen) atoms. The number of amides is 2. The quantitative estimate of drug-likeness (QED) is 0.644. The van der Waals surface area contributed by atoms with Crippen LogP contribution in [0.25, 0.3) is 0 Å². The summed E-state index contributed by atoms with van der Waals surface area (Å²) in [5, 5.41) is 7.62. The molecule has 0 unspecified atom stereocenters. The Labute approximate surface area is 201 Å². The van der Waals surface area contributed by atoms with Crippen molar-refractivity contribution in [3.05, 3.63) is 47.7 Å². The minimum atomic E-state index is -0.615. The number of hydrogen-bond donors (Lipinski definition) is 2. The molecule has 2 aromatic rings. The number of piperidine rings is 1. The van der Waals surface area contributed by atoms with E-state index in [9.17, 15) is 9.59 Å². The number of carbonyl (C=O) groups excluding carboxylic acids is 2. The summed E-state index contributed by atoms with van der Waals surface area (Å²) in [6.45, 7) is 11.3. The van der Waals surface area contributed by atoms with Crippen molar-refractivity contribution in [2.24, 2.45) is 5.73 Å². The van der Waals surface area contributed by atoms with Crippen molar-refractivity contribution in [2.75, 3.05) is 25.0 Å². The number of nitrogens with zero attached hydrogens (tertiary/aromatic N) is 3. The molecular weight excluding hydrogens is 434 g/mol. The molecule has 3 N–H and O–H groups in total. The van der Waals surface area contributed by atoms with Crippen molar-refractivity contribution in [3.8, 4) is 0 Å². The summed E-state index contributed by atoms with van der Waals surface area (Å²) in [6, 6.07) is 11.5. The molecule has 1 aromatic carbocycles. The van der Waals surface area contributed by atoms with E-state index in [1.807, 2.05) is 41.1 Å². The van der Waals surface area contributed by atoms with Crippen LogP contribution in [0, 0.1) is 0 Å². The molecule has 186 valence electrons. The molecule has 3 rings (SSSR count). The third-order valence-corrected chi connectivity index (χ3v) is 5.58. The fraction of sp³-hybridized carbons (Fsp3) is 0.560. The lowest BCUT2D eigenvalue weighted by molar-refractivity contribution is 0.0822. The number of nitrogens with one attached hydrogen (secondary N) is 1. The molecule has 0 aliphatic carbocycles. The first kappa shape index (κ1) is 25.6. The number of benzene rings is 1. The van der Waals surface area contributed by atoms with Crippen LogP contribution in [0.4, 0.5) is 15.4 Å². The third-order valence-electron chi connectivity index (χ3n) is 5.58. The molecule has 9 heteroatoms. The molecule has 1 aliphatic heterocycles. The monoisotopic (exact) mass is 471 g/mol. The molecule has 0 bridgehead atoms. The largest absolute Gasteiger partial charge is 0.447 e. The number of rotatable bonds is 6. The van der Waals surface area contributed by atoms with Crippen molar-refractivity contribution < 1.29 is 19.1 Å². The topological polar surface area (TPSA) is 112 Å². The van der Waals surface area contributed by atoms with Crippen LogP contribution in [0.3, 0.4) is 0 Å². The first-order valence-corrected chi connectivity index (χ1v) is 11.7. The number of hydrogen-bond acceptors (Lipinski definition) is 6. The molecule has 1 saturated heterocycles. The van der Waals surface area contributed by atoms with Gasteiger partial charge in [-0.1, -0.05) is 51.1 Å². The standard InChI is InChI=1S/C25H37N5O4/c1-24(2,3)20-15-21(27-22(31)34-17-25(4,5)26)30(28-20)19-11-13-29(14-12-19)23(32)33-16-18-9-7-6-8-10-18/h6-10,15,19H,11-14,16-17,26H2,1-5H3,(H,27,31). The van der Waals surface area contributed by atoms with Gasteiger partial charge in [0.05, 0.1) is 11.7 Å². The predicted molar refractivity (Wildman–Crippen MR) is 131 cm³/mol. The van der Waals surface area contributed by atoms with E-state index in [0.717, 1.165) is 11.3 Å². The zero-order valence-electron chi connectivity index (χ0n) is 20.8. The van der Waals surface area contributed by atoms with E-state index in [0.29, 0.717) is 31.7 Å². The minimum Gasteiger partial charge on any atom is -0.447 e. The molecule has 1 aliphatic rings. The van der Waals surface area contributed by atoms with Crippen molar-refractivity contribution in [1.29, 1.82) is 0 Å². The van der Waals surface area contributed by atoms with Gasteiger partial charge in [0, 0.05) is 30.1 Å². The summed E-state index contributed by atoms with van der Waals surface area (Å²) in [5.41, 5.74) is 6.93. The van der Waals surface area contributed by atoms with Crippen LogP contribution in [-0.4, -0.2) is 52.1 Å². The lowest BCUT2D eigenvalue weighted by atomic mass is 9.92. The Kier molecular flexibility index (Phi) is 7.86. The van der Waals surface area contributed by atoms with Crippen LogP contribution in [0.2, 0.25) is 0 Å². The van der Waals surface area contributed by atoms with Gasteiger partial charge in [-0.3, -0.25) is 5.32 Å². The van der Waals surface area contributed by atoms with Gasteiger partial charge in [-0.25, -0.2) is 14.3 Å². The average molecular weight is 472 g/mol. The number of ether oxygens (including phenoxy) is 2. The van der Waals surface area contributed by atoms with Crippen molar-refractivity contribution in [3.63, 3.8) is 0 Å². The molecule has 2 amide bonds. The fourth-order valence-corrected chi connectivity index (χ4v) is 3.63. The second-order valence-corrected chi connectivity index (χ2v) is 10.6. The van der Waals surface area contributed by atoms with Gasteiger partial charge in [0.1, 0.15) is 19.0 Å². The summed E-state index contributed by atoms with van der Waals surface area (Å²) >= 11 is 0. The van der Waals surface area contributed by atoms with E-state index in [4.69, 9.17) is 20.3 Å². The van der Waals surface area contributed by atoms with Gasteiger partial charge < -0.3 is 20.1 Å². The minimum absolute atomic E-state index is 0.0375. The number of aromatic nitrogens is 2. The first-order valence-electron chi connectivity index (χ1n) is 11.7. The number of nitrogens with two attached hydrogens (primary N) is 1. The maximum Gasteiger partial charge on any atom is 0.412 e. The number of carbonyl (C=O) groups is 2. The van der Waals surface area contributed by atoms with Gasteiger partial charge >= 0.3 is 12.2 Å². The first-order chi connectivity index (χ1) is 15.9. The highest BCUT2D eigenvalue weighted by molar-refractivity contribution is 5.83. The summed E-state index contributed by atoms with van der Waals surface area (Å²) in [5.74, 6) is 0.579. The molecule has 1 aromatic heterocycles. The fourth-order valence-electron chi connectivity index (χ4n) is 3.63. The van der Waals surface area contributed by atoms with E-state index >= 15 is 0 Å². The van der Waals surface area contributed by atoms with Crippen molar-refractivity contribution >= 4 is 18.0 Å². The van der Waals surface area contributed by atoms with E-state index in [-0.39, 0.29) is 30.8 Å². The third kappa shape index (κ3) is 7.21. The lowest BCUT2D eigenvalue weighted by Crippen LogP contribution is -2.40. The Bertz CT molecular complexity index is 967.